The summed E-state index contributed by atoms with van der Waals surface area (Å²) in [6, 6.07) is 9.11. The quantitative estimate of drug-likeness (QED) is 0.480. The Balaban J connectivity index is 1.39. The van der Waals surface area contributed by atoms with E-state index in [0.29, 0.717) is 37.7 Å². The SMILES string of the molecule is O=C(c1cc(F)cc(Cn2c(=O)[nH]c(=O)c3cc(F)ccc32)c1)N1CCN(c2ncccn2)CC1. The summed E-state index contributed by atoms with van der Waals surface area (Å²) in [6.45, 7) is 1.78. The molecule has 0 radical (unpaired) electrons. The van der Waals surface area contributed by atoms with Gasteiger partial charge in [-0.2, -0.15) is 0 Å². The number of carbonyl (C=O) groups is 1. The van der Waals surface area contributed by atoms with Crippen molar-refractivity contribution in [3.05, 3.63) is 98.5 Å². The van der Waals surface area contributed by atoms with E-state index in [1.54, 1.807) is 23.4 Å². The zero-order valence-corrected chi connectivity index (χ0v) is 18.4. The van der Waals surface area contributed by atoms with E-state index >= 15 is 0 Å². The van der Waals surface area contributed by atoms with Gasteiger partial charge in [0.25, 0.3) is 11.5 Å². The van der Waals surface area contributed by atoms with E-state index in [-0.39, 0.29) is 28.9 Å². The van der Waals surface area contributed by atoms with E-state index < -0.39 is 22.9 Å². The Kier molecular flexibility index (Phi) is 5.81. The van der Waals surface area contributed by atoms with E-state index in [4.69, 9.17) is 0 Å². The maximum absolute atomic E-state index is 14.5. The van der Waals surface area contributed by atoms with Gasteiger partial charge in [0.05, 0.1) is 17.4 Å². The first kappa shape index (κ1) is 22.4. The Hall–Kier alpha value is -4.41. The standard InChI is InChI=1S/C24H20F2N6O3/c25-17-2-3-20-19(13-17)21(33)29-24(35)32(20)14-15-10-16(12-18(26)11-15)22(34)30-6-8-31(9-7-30)23-27-4-1-5-28-23/h1-5,10-13H,6-9,14H2,(H,29,33,35). The van der Waals surface area contributed by atoms with E-state index in [1.807, 2.05) is 4.90 Å². The summed E-state index contributed by atoms with van der Waals surface area (Å²) in [5.74, 6) is -0.994. The van der Waals surface area contributed by atoms with Gasteiger partial charge < -0.3 is 9.80 Å². The largest absolute Gasteiger partial charge is 0.337 e. The minimum atomic E-state index is -0.717. The molecule has 178 valence electrons. The van der Waals surface area contributed by atoms with E-state index in [1.165, 1.54) is 22.8 Å². The van der Waals surface area contributed by atoms with Crippen LogP contribution in [0.25, 0.3) is 10.9 Å². The molecule has 0 bridgehead atoms. The van der Waals surface area contributed by atoms with Crippen molar-refractivity contribution in [1.29, 1.82) is 0 Å². The summed E-state index contributed by atoms with van der Waals surface area (Å²) in [6.07, 6.45) is 3.31. The fourth-order valence-electron chi connectivity index (χ4n) is 4.22. The lowest BCUT2D eigenvalue weighted by Gasteiger charge is -2.34. The Morgan fingerprint density at radius 1 is 0.943 bits per heavy atom. The van der Waals surface area contributed by atoms with Crippen LogP contribution in [0.15, 0.2) is 64.4 Å². The van der Waals surface area contributed by atoms with Gasteiger partial charge in [0, 0.05) is 44.1 Å². The topological polar surface area (TPSA) is 104 Å². The number of aromatic amines is 1. The van der Waals surface area contributed by atoms with Gasteiger partial charge in [0.1, 0.15) is 11.6 Å². The van der Waals surface area contributed by atoms with Crippen molar-refractivity contribution in [2.24, 2.45) is 0 Å². The average molecular weight is 478 g/mol. The Bertz CT molecular complexity index is 1530. The third-order valence-corrected chi connectivity index (χ3v) is 5.91. The summed E-state index contributed by atoms with van der Waals surface area (Å²) in [4.78, 5) is 51.9. The zero-order chi connectivity index (χ0) is 24.5. The number of hydrogen-bond donors (Lipinski definition) is 1. The monoisotopic (exact) mass is 478 g/mol. The van der Waals surface area contributed by atoms with Crippen LogP contribution in [0.4, 0.5) is 14.7 Å². The maximum atomic E-state index is 14.5. The molecule has 0 spiro atoms. The molecule has 9 nitrogen and oxygen atoms in total. The van der Waals surface area contributed by atoms with Crippen LogP contribution in [-0.2, 0) is 6.54 Å². The highest BCUT2D eigenvalue weighted by Crippen LogP contribution is 2.17. The van der Waals surface area contributed by atoms with Crippen LogP contribution >= 0.6 is 0 Å². The van der Waals surface area contributed by atoms with Gasteiger partial charge >= 0.3 is 5.69 Å². The second-order valence-electron chi connectivity index (χ2n) is 8.18. The number of nitrogens with zero attached hydrogens (tertiary/aromatic N) is 5. The number of anilines is 1. The van der Waals surface area contributed by atoms with Gasteiger partial charge in [-0.05, 0) is 48.0 Å². The fraction of sp³-hybridized carbons (Fsp3) is 0.208. The molecule has 2 aromatic heterocycles. The Morgan fingerprint density at radius 2 is 1.69 bits per heavy atom. The number of hydrogen-bond acceptors (Lipinski definition) is 6. The molecule has 0 aliphatic carbocycles. The van der Waals surface area contributed by atoms with Crippen molar-refractivity contribution < 1.29 is 13.6 Å². The van der Waals surface area contributed by atoms with Gasteiger partial charge in [-0.25, -0.2) is 23.5 Å². The van der Waals surface area contributed by atoms with Crippen LogP contribution < -0.4 is 16.1 Å². The highest BCUT2D eigenvalue weighted by Gasteiger charge is 2.24. The molecular formula is C24H20F2N6O3. The molecule has 35 heavy (non-hydrogen) atoms. The molecule has 0 unspecified atom stereocenters. The van der Waals surface area contributed by atoms with Crippen molar-refractivity contribution in [1.82, 2.24) is 24.4 Å². The predicted octanol–water partition coefficient (Wildman–Crippen LogP) is 1.77. The molecule has 5 rings (SSSR count). The summed E-state index contributed by atoms with van der Waals surface area (Å²) >= 11 is 0. The van der Waals surface area contributed by atoms with E-state index in [0.717, 1.165) is 18.2 Å². The highest BCUT2D eigenvalue weighted by molar-refractivity contribution is 5.94. The maximum Gasteiger partial charge on any atom is 0.329 e. The first-order valence-electron chi connectivity index (χ1n) is 10.9. The van der Waals surface area contributed by atoms with Gasteiger partial charge in [-0.1, -0.05) is 0 Å². The number of carbonyl (C=O) groups excluding carboxylic acids is 1. The van der Waals surface area contributed by atoms with Crippen LogP contribution in [0.5, 0.6) is 0 Å². The molecule has 1 N–H and O–H groups in total. The molecule has 0 saturated carbocycles. The number of amides is 1. The number of piperazine rings is 1. The van der Waals surface area contributed by atoms with Gasteiger partial charge in [-0.15, -0.1) is 0 Å². The Labute approximate surface area is 197 Å². The third-order valence-electron chi connectivity index (χ3n) is 5.91. The van der Waals surface area contributed by atoms with Gasteiger partial charge in [0.2, 0.25) is 5.95 Å². The number of fused-ring (bicyclic) bond motifs is 1. The fourth-order valence-corrected chi connectivity index (χ4v) is 4.22. The van der Waals surface area contributed by atoms with Crippen molar-refractivity contribution in [3.8, 4) is 0 Å². The number of benzene rings is 2. The second kappa shape index (κ2) is 9.09. The number of halogens is 2. The van der Waals surface area contributed by atoms with Crippen molar-refractivity contribution >= 4 is 22.8 Å². The van der Waals surface area contributed by atoms with Crippen molar-refractivity contribution in [3.63, 3.8) is 0 Å². The molecule has 1 fully saturated rings. The molecule has 0 atom stereocenters. The van der Waals surface area contributed by atoms with Crippen molar-refractivity contribution in [2.75, 3.05) is 31.1 Å². The predicted molar refractivity (Wildman–Crippen MR) is 124 cm³/mol. The molecule has 2 aromatic carbocycles. The first-order chi connectivity index (χ1) is 16.9. The molecule has 1 amide bonds. The normalized spacial score (nSPS) is 13.9. The van der Waals surface area contributed by atoms with Gasteiger partial charge in [0.15, 0.2) is 0 Å². The number of aromatic nitrogens is 4. The summed E-state index contributed by atoms with van der Waals surface area (Å²) in [5.41, 5.74) is -0.723. The smallest absolute Gasteiger partial charge is 0.329 e. The van der Waals surface area contributed by atoms with E-state index in [9.17, 15) is 23.2 Å². The van der Waals surface area contributed by atoms with E-state index in [2.05, 4.69) is 15.0 Å². The van der Waals surface area contributed by atoms with Crippen LogP contribution in [0.3, 0.4) is 0 Å². The molecule has 1 saturated heterocycles. The number of nitrogens with one attached hydrogen (secondary N) is 1. The molecular weight excluding hydrogens is 458 g/mol. The lowest BCUT2D eigenvalue weighted by atomic mass is 10.1. The highest BCUT2D eigenvalue weighted by atomic mass is 19.1. The van der Waals surface area contributed by atoms with Crippen LogP contribution in [0.1, 0.15) is 15.9 Å². The summed E-state index contributed by atoms with van der Waals surface area (Å²) in [5, 5.41) is -0.00225. The summed E-state index contributed by atoms with van der Waals surface area (Å²) in [7, 11) is 0. The number of H-pyrrole nitrogens is 1. The Morgan fingerprint density at radius 3 is 2.43 bits per heavy atom. The summed E-state index contributed by atoms with van der Waals surface area (Å²) < 4.78 is 29.3. The minimum Gasteiger partial charge on any atom is -0.337 e. The molecule has 4 aromatic rings. The molecule has 1 aliphatic rings. The lowest BCUT2D eigenvalue weighted by molar-refractivity contribution is 0.0745. The number of rotatable bonds is 4. The zero-order valence-electron chi connectivity index (χ0n) is 18.4. The first-order valence-corrected chi connectivity index (χ1v) is 10.9. The minimum absolute atomic E-state index is 0.00225. The van der Waals surface area contributed by atoms with Gasteiger partial charge in [-0.3, -0.25) is 19.1 Å². The second-order valence-corrected chi connectivity index (χ2v) is 8.18. The van der Waals surface area contributed by atoms with Crippen molar-refractivity contribution in [2.45, 2.75) is 6.54 Å². The third kappa shape index (κ3) is 4.52. The van der Waals surface area contributed by atoms with Crippen LogP contribution in [-0.4, -0.2) is 56.5 Å². The van der Waals surface area contributed by atoms with Crippen LogP contribution in [0, 0.1) is 11.6 Å². The molecule has 11 heteroatoms. The lowest BCUT2D eigenvalue weighted by Crippen LogP contribution is -2.49. The van der Waals surface area contributed by atoms with Crippen LogP contribution in [0.2, 0.25) is 0 Å². The average Bonchev–Trinajstić information content (AvgIpc) is 2.86. The molecule has 3 heterocycles. The molecule has 1 aliphatic heterocycles.